The van der Waals surface area contributed by atoms with E-state index in [1.54, 1.807) is 0 Å². The first kappa shape index (κ1) is 16.2. The summed E-state index contributed by atoms with van der Waals surface area (Å²) in [5, 5.41) is 12.8. The number of nitrogens with zero attached hydrogens (tertiary/aromatic N) is 1. The highest BCUT2D eigenvalue weighted by atomic mass is 16.3. The van der Waals surface area contributed by atoms with Crippen molar-refractivity contribution in [3.8, 4) is 11.4 Å². The van der Waals surface area contributed by atoms with Crippen molar-refractivity contribution < 1.29 is 9.90 Å². The Bertz CT molecular complexity index is 821. The van der Waals surface area contributed by atoms with Crippen molar-refractivity contribution in [2.24, 2.45) is 5.92 Å². The Kier molecular flexibility index (Phi) is 4.62. The average Bonchev–Trinajstić information content (AvgIpc) is 2.98. The summed E-state index contributed by atoms with van der Waals surface area (Å²) in [6, 6.07) is 15.3. The first-order valence-electron chi connectivity index (χ1n) is 8.06. The monoisotopic (exact) mass is 323 g/mol. The minimum absolute atomic E-state index is 0.0429. The number of aromatic nitrogens is 2. The van der Waals surface area contributed by atoms with E-state index in [0.29, 0.717) is 11.5 Å². The quantitative estimate of drug-likeness (QED) is 0.671. The summed E-state index contributed by atoms with van der Waals surface area (Å²) in [5.74, 6) is 0.539. The summed E-state index contributed by atoms with van der Waals surface area (Å²) in [4.78, 5) is 20.0. The molecule has 1 unspecified atom stereocenters. The molecular formula is C19H21N3O2. The second-order valence-electron chi connectivity index (χ2n) is 6.21. The molecule has 3 aromatic rings. The van der Waals surface area contributed by atoms with E-state index in [1.165, 1.54) is 0 Å². The Morgan fingerprint density at radius 1 is 1.17 bits per heavy atom. The van der Waals surface area contributed by atoms with Gasteiger partial charge in [-0.15, -0.1) is 0 Å². The van der Waals surface area contributed by atoms with Crippen LogP contribution in [0.15, 0.2) is 48.5 Å². The van der Waals surface area contributed by atoms with Gasteiger partial charge in [-0.1, -0.05) is 38.1 Å². The molecule has 0 spiro atoms. The lowest BCUT2D eigenvalue weighted by Gasteiger charge is -2.15. The molecule has 5 nitrogen and oxygen atoms in total. The van der Waals surface area contributed by atoms with Crippen LogP contribution in [-0.4, -0.2) is 27.1 Å². The zero-order valence-corrected chi connectivity index (χ0v) is 13.8. The zero-order valence-electron chi connectivity index (χ0n) is 13.8. The molecule has 0 saturated carbocycles. The Balaban J connectivity index is 1.86. The number of carbonyl (C=O) groups is 1. The van der Waals surface area contributed by atoms with Gasteiger partial charge in [0.1, 0.15) is 5.82 Å². The van der Waals surface area contributed by atoms with Gasteiger partial charge in [0.05, 0.1) is 29.2 Å². The lowest BCUT2D eigenvalue weighted by atomic mass is 10.0. The molecule has 124 valence electrons. The molecule has 24 heavy (non-hydrogen) atoms. The van der Waals surface area contributed by atoms with Gasteiger partial charge in [0.2, 0.25) is 5.91 Å². The average molecular weight is 323 g/mol. The summed E-state index contributed by atoms with van der Waals surface area (Å²) in [6.45, 7) is 3.78. The van der Waals surface area contributed by atoms with Gasteiger partial charge in [-0.25, -0.2) is 4.98 Å². The van der Waals surface area contributed by atoms with Crippen molar-refractivity contribution in [3.05, 3.63) is 48.5 Å². The number of aromatic amines is 1. The Morgan fingerprint density at radius 2 is 1.88 bits per heavy atom. The number of aliphatic hydroxyl groups is 1. The lowest BCUT2D eigenvalue weighted by Crippen LogP contribution is -2.23. The number of nitrogens with one attached hydrogen (secondary N) is 2. The maximum Gasteiger partial charge on any atom is 0.227 e. The van der Waals surface area contributed by atoms with E-state index in [2.05, 4.69) is 15.3 Å². The van der Waals surface area contributed by atoms with E-state index in [4.69, 9.17) is 0 Å². The van der Waals surface area contributed by atoms with Crippen LogP contribution in [0.25, 0.3) is 22.4 Å². The van der Waals surface area contributed by atoms with Crippen molar-refractivity contribution in [1.29, 1.82) is 0 Å². The molecule has 1 aromatic heterocycles. The van der Waals surface area contributed by atoms with Gasteiger partial charge in [0.25, 0.3) is 0 Å². The normalized spacial score (nSPS) is 12.5. The number of hydrogen-bond acceptors (Lipinski definition) is 3. The van der Waals surface area contributed by atoms with Crippen molar-refractivity contribution >= 4 is 22.6 Å². The number of anilines is 1. The van der Waals surface area contributed by atoms with E-state index < -0.39 is 6.10 Å². The van der Waals surface area contributed by atoms with Crippen LogP contribution in [0.4, 0.5) is 5.69 Å². The number of para-hydroxylation sites is 3. The molecule has 1 atom stereocenters. The summed E-state index contributed by atoms with van der Waals surface area (Å²) in [7, 11) is 0. The SMILES string of the molecule is CC(C)C(O)CC(=O)Nc1ccccc1-c1nc2ccccc2[nH]1. The molecule has 3 N–H and O–H groups in total. The van der Waals surface area contributed by atoms with Crippen LogP contribution in [0.1, 0.15) is 20.3 Å². The highest BCUT2D eigenvalue weighted by Gasteiger charge is 2.16. The first-order chi connectivity index (χ1) is 11.5. The fourth-order valence-electron chi connectivity index (χ4n) is 2.51. The molecule has 3 rings (SSSR count). The number of hydrogen-bond donors (Lipinski definition) is 3. The minimum atomic E-state index is -0.650. The predicted molar refractivity (Wildman–Crippen MR) is 95.6 cm³/mol. The number of fused-ring (bicyclic) bond motifs is 1. The summed E-state index contributed by atoms with van der Waals surface area (Å²) < 4.78 is 0. The number of benzene rings is 2. The van der Waals surface area contributed by atoms with E-state index in [9.17, 15) is 9.90 Å². The minimum Gasteiger partial charge on any atom is -0.392 e. The van der Waals surface area contributed by atoms with Crippen molar-refractivity contribution in [3.63, 3.8) is 0 Å². The number of imidazole rings is 1. The molecule has 0 saturated heterocycles. The summed E-state index contributed by atoms with van der Waals surface area (Å²) >= 11 is 0. The molecular weight excluding hydrogens is 302 g/mol. The van der Waals surface area contributed by atoms with E-state index >= 15 is 0 Å². The maximum absolute atomic E-state index is 12.2. The van der Waals surface area contributed by atoms with E-state index in [1.807, 2.05) is 62.4 Å². The second-order valence-corrected chi connectivity index (χ2v) is 6.21. The Hall–Kier alpha value is -2.66. The van der Waals surface area contributed by atoms with Crippen molar-refractivity contribution in [2.45, 2.75) is 26.4 Å². The van der Waals surface area contributed by atoms with Crippen LogP contribution in [0, 0.1) is 5.92 Å². The standard InChI is InChI=1S/C19H21N3O2/c1-12(2)17(23)11-18(24)20-14-8-4-3-7-13(14)19-21-15-9-5-6-10-16(15)22-19/h3-10,12,17,23H,11H2,1-2H3,(H,20,24)(H,21,22). The van der Waals surface area contributed by atoms with Crippen LogP contribution < -0.4 is 5.32 Å². The highest BCUT2D eigenvalue weighted by molar-refractivity contribution is 5.95. The van der Waals surface area contributed by atoms with Gasteiger partial charge in [0.15, 0.2) is 0 Å². The topological polar surface area (TPSA) is 78.0 Å². The van der Waals surface area contributed by atoms with Gasteiger partial charge < -0.3 is 15.4 Å². The number of aliphatic hydroxyl groups excluding tert-OH is 1. The van der Waals surface area contributed by atoms with Crippen LogP contribution >= 0.6 is 0 Å². The lowest BCUT2D eigenvalue weighted by molar-refractivity contribution is -0.118. The highest BCUT2D eigenvalue weighted by Crippen LogP contribution is 2.27. The van der Waals surface area contributed by atoms with Crippen molar-refractivity contribution in [2.75, 3.05) is 5.32 Å². The fraction of sp³-hybridized carbons (Fsp3) is 0.263. The smallest absolute Gasteiger partial charge is 0.227 e. The first-order valence-corrected chi connectivity index (χ1v) is 8.06. The van der Waals surface area contributed by atoms with Crippen LogP contribution in [-0.2, 0) is 4.79 Å². The molecule has 1 amide bonds. The second kappa shape index (κ2) is 6.84. The van der Waals surface area contributed by atoms with Gasteiger partial charge in [-0.2, -0.15) is 0 Å². The van der Waals surface area contributed by atoms with Gasteiger partial charge in [-0.3, -0.25) is 4.79 Å². The largest absolute Gasteiger partial charge is 0.392 e. The number of carbonyl (C=O) groups excluding carboxylic acids is 1. The van der Waals surface area contributed by atoms with Crippen LogP contribution in [0.3, 0.4) is 0 Å². The predicted octanol–water partition coefficient (Wildman–Crippen LogP) is 3.58. The Labute approximate surface area is 140 Å². The molecule has 0 aliphatic heterocycles. The molecule has 2 aromatic carbocycles. The molecule has 0 aliphatic carbocycles. The molecule has 0 aliphatic rings. The fourth-order valence-corrected chi connectivity index (χ4v) is 2.51. The Morgan fingerprint density at radius 3 is 2.62 bits per heavy atom. The van der Waals surface area contributed by atoms with Gasteiger partial charge >= 0.3 is 0 Å². The maximum atomic E-state index is 12.2. The van der Waals surface area contributed by atoms with E-state index in [0.717, 1.165) is 16.6 Å². The van der Waals surface area contributed by atoms with Crippen molar-refractivity contribution in [1.82, 2.24) is 9.97 Å². The number of rotatable bonds is 5. The number of amides is 1. The molecule has 0 radical (unpaired) electrons. The van der Waals surface area contributed by atoms with Crippen LogP contribution in [0.2, 0.25) is 0 Å². The third-order valence-electron chi connectivity index (χ3n) is 4.01. The molecule has 5 heteroatoms. The van der Waals surface area contributed by atoms with Crippen LogP contribution in [0.5, 0.6) is 0 Å². The van der Waals surface area contributed by atoms with E-state index in [-0.39, 0.29) is 18.2 Å². The third kappa shape index (κ3) is 3.46. The van der Waals surface area contributed by atoms with Gasteiger partial charge in [0, 0.05) is 5.56 Å². The third-order valence-corrected chi connectivity index (χ3v) is 4.01. The summed E-state index contributed by atoms with van der Waals surface area (Å²) in [5.41, 5.74) is 3.33. The van der Waals surface area contributed by atoms with Gasteiger partial charge in [-0.05, 0) is 30.2 Å². The molecule has 0 bridgehead atoms. The summed E-state index contributed by atoms with van der Waals surface area (Å²) in [6.07, 6.45) is -0.574. The zero-order chi connectivity index (χ0) is 17.1. The number of H-pyrrole nitrogens is 1. The molecule has 0 fully saturated rings. The molecule has 1 heterocycles.